The largest absolute Gasteiger partial charge is 0.497 e. The summed E-state index contributed by atoms with van der Waals surface area (Å²) >= 11 is 0. The highest BCUT2D eigenvalue weighted by Gasteiger charge is 2.07. The molecular weight excluding hydrogens is 314 g/mol. The van der Waals surface area contributed by atoms with Crippen molar-refractivity contribution in [2.24, 2.45) is 0 Å². The van der Waals surface area contributed by atoms with Crippen molar-refractivity contribution in [3.05, 3.63) is 77.9 Å². The van der Waals surface area contributed by atoms with Crippen LogP contribution < -0.4 is 10.1 Å². The first-order chi connectivity index (χ1) is 12.2. The lowest BCUT2D eigenvalue weighted by Crippen LogP contribution is -2.29. The maximum atomic E-state index is 11.6. The van der Waals surface area contributed by atoms with Crippen LogP contribution in [0.4, 0.5) is 0 Å². The monoisotopic (exact) mass is 339 g/mol. The number of rotatable bonds is 9. The molecule has 132 valence electrons. The zero-order valence-electron chi connectivity index (χ0n) is 14.8. The highest BCUT2D eigenvalue weighted by molar-refractivity contribution is 5.82. The average molecular weight is 339 g/mol. The van der Waals surface area contributed by atoms with Crippen LogP contribution in [0.25, 0.3) is 0 Å². The number of esters is 1. The molecule has 0 amide bonds. The van der Waals surface area contributed by atoms with Crippen molar-refractivity contribution in [2.75, 3.05) is 13.7 Å². The van der Waals surface area contributed by atoms with E-state index in [4.69, 9.17) is 9.47 Å². The number of carbonyl (C=O) groups excluding carboxylic acids is 1. The molecule has 2 aromatic rings. The fourth-order valence-electron chi connectivity index (χ4n) is 2.45. The summed E-state index contributed by atoms with van der Waals surface area (Å²) in [5.41, 5.74) is 2.37. The van der Waals surface area contributed by atoms with E-state index < -0.39 is 0 Å². The van der Waals surface area contributed by atoms with Crippen LogP contribution in [0.1, 0.15) is 18.1 Å². The van der Waals surface area contributed by atoms with Gasteiger partial charge in [0, 0.05) is 18.7 Å². The molecule has 4 nitrogen and oxygen atoms in total. The molecule has 1 atom stereocenters. The topological polar surface area (TPSA) is 47.6 Å². The van der Waals surface area contributed by atoms with Gasteiger partial charge in [0.05, 0.1) is 13.7 Å². The van der Waals surface area contributed by atoms with Crippen LogP contribution in [-0.4, -0.2) is 25.7 Å². The normalized spacial score (nSPS) is 12.1. The number of benzene rings is 2. The molecule has 25 heavy (non-hydrogen) atoms. The first-order valence-electron chi connectivity index (χ1n) is 8.46. The maximum absolute atomic E-state index is 11.6. The van der Waals surface area contributed by atoms with E-state index in [1.165, 1.54) is 11.6 Å². The molecule has 0 saturated heterocycles. The van der Waals surface area contributed by atoms with Gasteiger partial charge in [0.25, 0.3) is 0 Å². The molecule has 4 heteroatoms. The van der Waals surface area contributed by atoms with E-state index in [0.29, 0.717) is 13.2 Å². The van der Waals surface area contributed by atoms with Gasteiger partial charge >= 0.3 is 5.97 Å². The molecule has 0 heterocycles. The van der Waals surface area contributed by atoms with Crippen molar-refractivity contribution in [3.63, 3.8) is 0 Å². The minimum Gasteiger partial charge on any atom is -0.497 e. The second-order valence-electron chi connectivity index (χ2n) is 5.64. The minimum atomic E-state index is -0.313. The van der Waals surface area contributed by atoms with Crippen LogP contribution >= 0.6 is 0 Å². The summed E-state index contributed by atoms with van der Waals surface area (Å²) in [7, 11) is 1.66. The van der Waals surface area contributed by atoms with Gasteiger partial charge in [-0.3, -0.25) is 0 Å². The minimum absolute atomic E-state index is 0.0360. The molecule has 1 N–H and O–H groups in total. The average Bonchev–Trinajstić information content (AvgIpc) is 2.65. The summed E-state index contributed by atoms with van der Waals surface area (Å²) in [6.07, 6.45) is 4.17. The van der Waals surface area contributed by atoms with Crippen molar-refractivity contribution in [2.45, 2.75) is 25.9 Å². The van der Waals surface area contributed by atoms with Crippen LogP contribution in [0.5, 0.6) is 5.75 Å². The Balaban J connectivity index is 2.00. The highest BCUT2D eigenvalue weighted by atomic mass is 16.5. The molecule has 0 aliphatic heterocycles. The van der Waals surface area contributed by atoms with Crippen molar-refractivity contribution in [3.8, 4) is 5.75 Å². The summed E-state index contributed by atoms with van der Waals surface area (Å²) in [4.78, 5) is 11.6. The van der Waals surface area contributed by atoms with E-state index in [0.717, 1.165) is 17.7 Å². The van der Waals surface area contributed by atoms with E-state index >= 15 is 0 Å². The standard InChI is InChI=1S/C21H25NO3/c1-3-25-21(23)14-11-19(15-17-7-5-4-6-8-17)22-16-18-9-12-20(24-2)13-10-18/h4-14,19,22H,3,15-16H2,1-2H3/b14-11+/t19-/m1/s1. The first-order valence-corrected chi connectivity index (χ1v) is 8.46. The predicted octanol–water partition coefficient (Wildman–Crippen LogP) is 3.52. The Kier molecular flexibility index (Phi) is 7.73. The number of ether oxygens (including phenoxy) is 2. The summed E-state index contributed by atoms with van der Waals surface area (Å²) in [6, 6.07) is 18.2. The van der Waals surface area contributed by atoms with Gasteiger partial charge in [0.2, 0.25) is 0 Å². The molecule has 0 saturated carbocycles. The number of nitrogens with one attached hydrogen (secondary N) is 1. The quantitative estimate of drug-likeness (QED) is 0.561. The van der Waals surface area contributed by atoms with Crippen molar-refractivity contribution in [1.82, 2.24) is 5.32 Å². The molecule has 0 spiro atoms. The van der Waals surface area contributed by atoms with Gasteiger partial charge in [-0.05, 0) is 36.6 Å². The third-order valence-electron chi connectivity index (χ3n) is 3.78. The van der Waals surface area contributed by atoms with Gasteiger partial charge in [-0.15, -0.1) is 0 Å². The van der Waals surface area contributed by atoms with Crippen LogP contribution in [0.3, 0.4) is 0 Å². The summed E-state index contributed by atoms with van der Waals surface area (Å²) in [6.45, 7) is 2.88. The van der Waals surface area contributed by atoms with E-state index in [2.05, 4.69) is 17.4 Å². The zero-order valence-corrected chi connectivity index (χ0v) is 14.8. The molecule has 0 fully saturated rings. The van der Waals surface area contributed by atoms with Crippen molar-refractivity contribution >= 4 is 5.97 Å². The van der Waals surface area contributed by atoms with E-state index in [1.807, 2.05) is 48.5 Å². The fraction of sp³-hybridized carbons (Fsp3) is 0.286. The maximum Gasteiger partial charge on any atom is 0.330 e. The summed E-state index contributed by atoms with van der Waals surface area (Å²) in [5.74, 6) is 0.526. The van der Waals surface area contributed by atoms with Gasteiger partial charge in [-0.1, -0.05) is 48.5 Å². The van der Waals surface area contributed by atoms with Crippen LogP contribution in [0.15, 0.2) is 66.7 Å². The lowest BCUT2D eigenvalue weighted by Gasteiger charge is -2.15. The molecule has 0 aliphatic rings. The molecule has 0 unspecified atom stereocenters. The molecule has 0 radical (unpaired) electrons. The fourth-order valence-corrected chi connectivity index (χ4v) is 2.45. The molecule has 0 bridgehead atoms. The van der Waals surface area contributed by atoms with Gasteiger partial charge in [0.15, 0.2) is 0 Å². The lowest BCUT2D eigenvalue weighted by atomic mass is 10.0. The lowest BCUT2D eigenvalue weighted by molar-refractivity contribution is -0.137. The summed E-state index contributed by atoms with van der Waals surface area (Å²) in [5, 5.41) is 3.48. The Labute approximate surface area is 149 Å². The van der Waals surface area contributed by atoms with Crippen LogP contribution in [0.2, 0.25) is 0 Å². The number of carbonyl (C=O) groups is 1. The second kappa shape index (κ2) is 10.3. The molecule has 2 rings (SSSR count). The van der Waals surface area contributed by atoms with Gasteiger partial charge < -0.3 is 14.8 Å². The third kappa shape index (κ3) is 6.81. The second-order valence-corrected chi connectivity index (χ2v) is 5.64. The Morgan fingerprint density at radius 1 is 1.08 bits per heavy atom. The number of methoxy groups -OCH3 is 1. The Morgan fingerprint density at radius 2 is 1.80 bits per heavy atom. The predicted molar refractivity (Wildman–Crippen MR) is 99.5 cm³/mol. The van der Waals surface area contributed by atoms with E-state index in [-0.39, 0.29) is 12.0 Å². The summed E-state index contributed by atoms with van der Waals surface area (Å²) < 4.78 is 10.1. The van der Waals surface area contributed by atoms with Gasteiger partial charge in [0.1, 0.15) is 5.75 Å². The van der Waals surface area contributed by atoms with Gasteiger partial charge in [-0.25, -0.2) is 4.79 Å². The molecular formula is C21H25NO3. The molecule has 0 aliphatic carbocycles. The zero-order chi connectivity index (χ0) is 17.9. The Hall–Kier alpha value is -2.59. The van der Waals surface area contributed by atoms with Crippen molar-refractivity contribution < 1.29 is 14.3 Å². The smallest absolute Gasteiger partial charge is 0.330 e. The van der Waals surface area contributed by atoms with E-state index in [9.17, 15) is 4.79 Å². The van der Waals surface area contributed by atoms with Crippen LogP contribution in [-0.2, 0) is 22.5 Å². The van der Waals surface area contributed by atoms with Gasteiger partial charge in [-0.2, -0.15) is 0 Å². The molecule has 2 aromatic carbocycles. The van der Waals surface area contributed by atoms with Crippen LogP contribution in [0, 0.1) is 0 Å². The highest BCUT2D eigenvalue weighted by Crippen LogP contribution is 2.12. The number of hydrogen-bond donors (Lipinski definition) is 1. The first kappa shape index (κ1) is 18.7. The Morgan fingerprint density at radius 3 is 2.44 bits per heavy atom. The third-order valence-corrected chi connectivity index (χ3v) is 3.78. The van der Waals surface area contributed by atoms with Crippen molar-refractivity contribution in [1.29, 1.82) is 0 Å². The van der Waals surface area contributed by atoms with E-state index in [1.54, 1.807) is 14.0 Å². The number of hydrogen-bond acceptors (Lipinski definition) is 4. The molecule has 0 aromatic heterocycles. The SMILES string of the molecule is CCOC(=O)/C=C/[C@H](Cc1ccccc1)NCc1ccc(OC)cc1. The Bertz CT molecular complexity index is 665.